The molecule has 3 rings (SSSR count). The van der Waals surface area contributed by atoms with Crippen LogP contribution in [0.1, 0.15) is 59.4 Å². The highest BCUT2D eigenvalue weighted by atomic mass is 32.2. The van der Waals surface area contributed by atoms with Gasteiger partial charge in [-0.3, -0.25) is 4.79 Å². The summed E-state index contributed by atoms with van der Waals surface area (Å²) in [5.74, 6) is 1.45. The van der Waals surface area contributed by atoms with Crippen LogP contribution in [0.15, 0.2) is 11.2 Å². The van der Waals surface area contributed by atoms with Gasteiger partial charge in [-0.25, -0.2) is 0 Å². The van der Waals surface area contributed by atoms with Gasteiger partial charge in [-0.15, -0.1) is 10.2 Å². The van der Waals surface area contributed by atoms with E-state index in [-0.39, 0.29) is 11.8 Å². The van der Waals surface area contributed by atoms with Crippen LogP contribution in [0.25, 0.3) is 0 Å². The first-order chi connectivity index (χ1) is 11.9. The molecule has 2 heterocycles. The fraction of sp³-hybridized carbons (Fsp3) is 0.611. The molecule has 6 nitrogen and oxygen atoms in total. The van der Waals surface area contributed by atoms with Crippen molar-refractivity contribution in [2.75, 3.05) is 19.5 Å². The van der Waals surface area contributed by atoms with Crippen molar-refractivity contribution in [3.8, 4) is 0 Å². The lowest BCUT2D eigenvalue weighted by atomic mass is 10.2. The average molecular weight is 362 g/mol. The molecule has 1 fully saturated rings. The average Bonchev–Trinajstić information content (AvgIpc) is 3.26. The van der Waals surface area contributed by atoms with Crippen LogP contribution in [-0.2, 0) is 4.74 Å². The number of nitrogens with zero attached hydrogens (tertiary/aromatic N) is 4. The normalized spacial score (nSPS) is 15.6. The number of hydrogen-bond acceptors (Lipinski definition) is 5. The number of thioether (sulfide) groups is 1. The summed E-state index contributed by atoms with van der Waals surface area (Å²) in [5, 5.41) is 9.27. The highest BCUT2D eigenvalue weighted by Gasteiger charge is 2.29. The van der Waals surface area contributed by atoms with Gasteiger partial charge in [-0.1, -0.05) is 11.8 Å². The van der Waals surface area contributed by atoms with E-state index in [2.05, 4.69) is 26.3 Å². The number of aromatic nitrogens is 4. The van der Waals surface area contributed by atoms with Gasteiger partial charge in [0.2, 0.25) is 0 Å². The zero-order valence-electron chi connectivity index (χ0n) is 15.6. The summed E-state index contributed by atoms with van der Waals surface area (Å²) in [7, 11) is 1.70. The third kappa shape index (κ3) is 3.67. The van der Waals surface area contributed by atoms with Gasteiger partial charge in [0.05, 0.1) is 18.4 Å². The minimum atomic E-state index is 0.136. The van der Waals surface area contributed by atoms with Crippen molar-refractivity contribution in [2.24, 2.45) is 0 Å². The summed E-state index contributed by atoms with van der Waals surface area (Å²) in [6.45, 7) is 8.75. The number of carbonyl (C=O) groups excluding carboxylic acids is 1. The first-order valence-corrected chi connectivity index (χ1v) is 9.67. The Morgan fingerprint density at radius 3 is 2.72 bits per heavy atom. The molecule has 1 atom stereocenters. The van der Waals surface area contributed by atoms with E-state index in [0.29, 0.717) is 18.4 Å². The smallest absolute Gasteiger partial charge is 0.191 e. The lowest BCUT2D eigenvalue weighted by molar-refractivity contribution is 0.102. The second kappa shape index (κ2) is 7.33. The second-order valence-corrected chi connectivity index (χ2v) is 7.74. The Morgan fingerprint density at radius 1 is 1.36 bits per heavy atom. The molecule has 0 spiro atoms. The molecular formula is C18H26N4O2S. The van der Waals surface area contributed by atoms with Crippen LogP contribution in [0.2, 0.25) is 0 Å². The first kappa shape index (κ1) is 18.2. The molecule has 25 heavy (non-hydrogen) atoms. The van der Waals surface area contributed by atoms with E-state index in [1.807, 2.05) is 26.8 Å². The summed E-state index contributed by atoms with van der Waals surface area (Å²) >= 11 is 1.49. The van der Waals surface area contributed by atoms with Gasteiger partial charge in [0, 0.05) is 30.1 Å². The topological polar surface area (TPSA) is 61.9 Å². The Kier molecular flexibility index (Phi) is 5.34. The highest BCUT2D eigenvalue weighted by Crippen LogP contribution is 2.38. The number of ketones is 1. The summed E-state index contributed by atoms with van der Waals surface area (Å²) in [4.78, 5) is 12.8. The lowest BCUT2D eigenvalue weighted by Crippen LogP contribution is -2.14. The van der Waals surface area contributed by atoms with Gasteiger partial charge in [-0.05, 0) is 46.6 Å². The fourth-order valence-electron chi connectivity index (χ4n) is 3.46. The maximum absolute atomic E-state index is 12.8. The van der Waals surface area contributed by atoms with Gasteiger partial charge < -0.3 is 13.9 Å². The molecule has 0 amide bonds. The molecule has 7 heteroatoms. The van der Waals surface area contributed by atoms with Crippen molar-refractivity contribution in [3.63, 3.8) is 0 Å². The predicted octanol–water partition coefficient (Wildman–Crippen LogP) is 3.52. The molecule has 136 valence electrons. The van der Waals surface area contributed by atoms with Crippen LogP contribution < -0.4 is 0 Å². The van der Waals surface area contributed by atoms with Gasteiger partial charge in [0.15, 0.2) is 10.9 Å². The number of rotatable bonds is 8. The summed E-state index contributed by atoms with van der Waals surface area (Å²) in [6, 6.07) is 2.72. The molecule has 2 aromatic heterocycles. The predicted molar refractivity (Wildman–Crippen MR) is 98.6 cm³/mol. The maximum atomic E-state index is 12.8. The fourth-order valence-corrected chi connectivity index (χ4v) is 4.40. The quantitative estimate of drug-likeness (QED) is 0.531. The maximum Gasteiger partial charge on any atom is 0.191 e. The minimum absolute atomic E-state index is 0.136. The highest BCUT2D eigenvalue weighted by molar-refractivity contribution is 7.99. The van der Waals surface area contributed by atoms with E-state index >= 15 is 0 Å². The van der Waals surface area contributed by atoms with Crippen LogP contribution >= 0.6 is 11.8 Å². The first-order valence-electron chi connectivity index (χ1n) is 8.68. The zero-order chi connectivity index (χ0) is 18.1. The van der Waals surface area contributed by atoms with Crippen LogP contribution in [0.4, 0.5) is 0 Å². The molecule has 0 radical (unpaired) electrons. The van der Waals surface area contributed by atoms with Gasteiger partial charge in [-0.2, -0.15) is 0 Å². The van der Waals surface area contributed by atoms with E-state index in [0.717, 1.165) is 27.9 Å². The van der Waals surface area contributed by atoms with E-state index in [9.17, 15) is 4.79 Å². The molecule has 1 aliphatic rings. The third-order valence-electron chi connectivity index (χ3n) is 4.71. The molecule has 0 aromatic carbocycles. The van der Waals surface area contributed by atoms with Crippen LogP contribution in [0.5, 0.6) is 0 Å². The summed E-state index contributed by atoms with van der Waals surface area (Å²) in [5.41, 5.74) is 2.89. The number of methoxy groups -OCH3 is 1. The van der Waals surface area contributed by atoms with E-state index in [1.54, 1.807) is 7.11 Å². The van der Waals surface area contributed by atoms with E-state index in [4.69, 9.17) is 4.74 Å². The molecule has 0 unspecified atom stereocenters. The zero-order valence-corrected chi connectivity index (χ0v) is 16.4. The van der Waals surface area contributed by atoms with Crippen LogP contribution in [-0.4, -0.2) is 44.6 Å². The van der Waals surface area contributed by atoms with Gasteiger partial charge in [0.25, 0.3) is 0 Å². The Morgan fingerprint density at radius 2 is 2.08 bits per heavy atom. The standard InChI is InChI=1S/C18H26N4O2S/c1-11-8-16(13(3)21(11)12(2)9-24-5)17(23)10-25-18-20-19-14(4)22(18)15-6-7-15/h8,12,15H,6-7,9-10H2,1-5H3/t12-/m1/s1. The summed E-state index contributed by atoms with van der Waals surface area (Å²) < 4.78 is 9.61. The largest absolute Gasteiger partial charge is 0.383 e. The molecule has 1 aliphatic carbocycles. The van der Waals surface area contributed by atoms with Crippen molar-refractivity contribution in [1.82, 2.24) is 19.3 Å². The number of ether oxygens (including phenoxy) is 1. The van der Waals surface area contributed by atoms with Crippen molar-refractivity contribution in [3.05, 3.63) is 28.8 Å². The minimum Gasteiger partial charge on any atom is -0.383 e. The Balaban J connectivity index is 1.73. The number of Topliss-reactive ketones (excluding diaryl/α,β-unsaturated/α-hetero) is 1. The van der Waals surface area contributed by atoms with E-state index in [1.165, 1.54) is 24.6 Å². The molecule has 0 saturated heterocycles. The second-order valence-electron chi connectivity index (χ2n) is 6.80. The number of carbonyl (C=O) groups is 1. The Labute approximate surface area is 153 Å². The molecule has 0 N–H and O–H groups in total. The van der Waals surface area contributed by atoms with Crippen molar-refractivity contribution in [1.29, 1.82) is 0 Å². The van der Waals surface area contributed by atoms with Crippen molar-refractivity contribution >= 4 is 17.5 Å². The van der Waals surface area contributed by atoms with Crippen molar-refractivity contribution in [2.45, 2.75) is 57.8 Å². The third-order valence-corrected chi connectivity index (χ3v) is 5.66. The van der Waals surface area contributed by atoms with Crippen LogP contribution in [0, 0.1) is 20.8 Å². The lowest BCUT2D eigenvalue weighted by Gasteiger charge is -2.17. The molecule has 0 bridgehead atoms. The molecule has 2 aromatic rings. The molecule has 0 aliphatic heterocycles. The molecular weight excluding hydrogens is 336 g/mol. The summed E-state index contributed by atoms with van der Waals surface area (Å²) in [6.07, 6.45) is 2.36. The van der Waals surface area contributed by atoms with Crippen LogP contribution in [0.3, 0.4) is 0 Å². The number of hydrogen-bond donors (Lipinski definition) is 0. The Bertz CT molecular complexity index is 776. The van der Waals surface area contributed by atoms with Gasteiger partial charge in [0.1, 0.15) is 5.82 Å². The van der Waals surface area contributed by atoms with E-state index < -0.39 is 0 Å². The number of aryl methyl sites for hydroxylation is 2. The molecule has 1 saturated carbocycles. The Hall–Kier alpha value is -1.60. The van der Waals surface area contributed by atoms with Crippen molar-refractivity contribution < 1.29 is 9.53 Å². The SMILES string of the molecule is COC[C@@H](C)n1c(C)cc(C(=O)CSc2nnc(C)n2C2CC2)c1C. The van der Waals surface area contributed by atoms with Gasteiger partial charge >= 0.3 is 0 Å². The monoisotopic (exact) mass is 362 g/mol.